The fourth-order valence-corrected chi connectivity index (χ4v) is 3.10. The standard InChI is InChI=1S/C21H32N2/c1-3-4-5-6-7-11-17-23-18-21(22-19(23)2)16-12-15-20-13-9-8-10-14-20/h8-10,13-14,18H,3-7,11-12,15-17H2,1-2H3. The number of hydrogen-bond acceptors (Lipinski definition) is 1. The van der Waals surface area contributed by atoms with Crippen LogP contribution in [0, 0.1) is 6.92 Å². The number of nitrogens with zero attached hydrogens (tertiary/aromatic N) is 2. The Morgan fingerprint density at radius 1 is 0.870 bits per heavy atom. The molecule has 1 aromatic carbocycles. The van der Waals surface area contributed by atoms with E-state index in [0.717, 1.165) is 19.4 Å². The first-order chi connectivity index (χ1) is 11.3. The largest absolute Gasteiger partial charge is 0.335 e. The van der Waals surface area contributed by atoms with Crippen LogP contribution in [0.3, 0.4) is 0 Å². The number of benzene rings is 1. The topological polar surface area (TPSA) is 17.8 Å². The van der Waals surface area contributed by atoms with E-state index in [0.29, 0.717) is 0 Å². The Labute approximate surface area is 142 Å². The molecule has 0 unspecified atom stereocenters. The average Bonchev–Trinajstić information content (AvgIpc) is 2.92. The number of aryl methyl sites for hydroxylation is 4. The second-order valence-corrected chi connectivity index (χ2v) is 6.58. The Kier molecular flexibility index (Phi) is 7.92. The SMILES string of the molecule is CCCCCCCCn1cc(CCCc2ccccc2)nc1C. The number of hydrogen-bond donors (Lipinski definition) is 0. The lowest BCUT2D eigenvalue weighted by Gasteiger charge is -2.04. The lowest BCUT2D eigenvalue weighted by molar-refractivity contribution is 0.551. The molecule has 2 heteroatoms. The molecule has 1 aromatic heterocycles. The van der Waals surface area contributed by atoms with Crippen molar-refractivity contribution in [2.24, 2.45) is 0 Å². The van der Waals surface area contributed by atoms with Gasteiger partial charge >= 0.3 is 0 Å². The molecule has 0 saturated carbocycles. The molecule has 0 saturated heterocycles. The van der Waals surface area contributed by atoms with Gasteiger partial charge in [0.25, 0.3) is 0 Å². The van der Waals surface area contributed by atoms with Gasteiger partial charge in [0.05, 0.1) is 5.69 Å². The van der Waals surface area contributed by atoms with Gasteiger partial charge < -0.3 is 4.57 Å². The summed E-state index contributed by atoms with van der Waals surface area (Å²) in [7, 11) is 0. The molecule has 0 aliphatic rings. The first-order valence-corrected chi connectivity index (χ1v) is 9.36. The quantitative estimate of drug-likeness (QED) is 0.485. The monoisotopic (exact) mass is 312 g/mol. The highest BCUT2D eigenvalue weighted by Crippen LogP contribution is 2.11. The summed E-state index contributed by atoms with van der Waals surface area (Å²) in [6.07, 6.45) is 13.8. The summed E-state index contributed by atoms with van der Waals surface area (Å²) < 4.78 is 2.34. The number of imidazole rings is 1. The molecule has 2 aromatic rings. The van der Waals surface area contributed by atoms with Crippen LogP contribution in [-0.4, -0.2) is 9.55 Å². The van der Waals surface area contributed by atoms with Crippen molar-refractivity contribution >= 4 is 0 Å². The van der Waals surface area contributed by atoms with E-state index in [1.807, 2.05) is 0 Å². The maximum absolute atomic E-state index is 4.73. The predicted octanol–water partition coefficient (Wildman–Crippen LogP) is 5.73. The van der Waals surface area contributed by atoms with E-state index in [4.69, 9.17) is 4.98 Å². The smallest absolute Gasteiger partial charge is 0.105 e. The molecule has 0 aliphatic carbocycles. The Bertz CT molecular complexity index is 542. The van der Waals surface area contributed by atoms with Crippen molar-refractivity contribution in [2.75, 3.05) is 0 Å². The van der Waals surface area contributed by atoms with Gasteiger partial charge in [0, 0.05) is 12.7 Å². The van der Waals surface area contributed by atoms with E-state index in [1.165, 1.54) is 62.0 Å². The van der Waals surface area contributed by atoms with Crippen LogP contribution in [0.2, 0.25) is 0 Å². The van der Waals surface area contributed by atoms with Gasteiger partial charge in [-0.25, -0.2) is 4.98 Å². The first-order valence-electron chi connectivity index (χ1n) is 9.36. The summed E-state index contributed by atoms with van der Waals surface area (Å²) in [4.78, 5) is 4.73. The molecule has 23 heavy (non-hydrogen) atoms. The molecule has 0 N–H and O–H groups in total. The number of rotatable bonds is 11. The molecule has 2 rings (SSSR count). The maximum atomic E-state index is 4.73. The van der Waals surface area contributed by atoms with Gasteiger partial charge in [-0.2, -0.15) is 0 Å². The van der Waals surface area contributed by atoms with E-state index >= 15 is 0 Å². The van der Waals surface area contributed by atoms with Gasteiger partial charge in [-0.1, -0.05) is 69.4 Å². The van der Waals surface area contributed by atoms with Gasteiger partial charge in [0.1, 0.15) is 5.82 Å². The Balaban J connectivity index is 1.68. The summed E-state index contributed by atoms with van der Waals surface area (Å²) >= 11 is 0. The third kappa shape index (κ3) is 6.60. The van der Waals surface area contributed by atoms with E-state index in [9.17, 15) is 0 Å². The molecular formula is C21H32N2. The zero-order valence-electron chi connectivity index (χ0n) is 14.9. The molecule has 2 nitrogen and oxygen atoms in total. The van der Waals surface area contributed by atoms with Gasteiger partial charge in [0.15, 0.2) is 0 Å². The van der Waals surface area contributed by atoms with Crippen molar-refractivity contribution in [3.05, 3.63) is 53.6 Å². The van der Waals surface area contributed by atoms with Crippen molar-refractivity contribution in [2.45, 2.75) is 78.2 Å². The van der Waals surface area contributed by atoms with Gasteiger partial charge in [0.2, 0.25) is 0 Å². The third-order valence-corrected chi connectivity index (χ3v) is 4.52. The number of unbranched alkanes of at least 4 members (excludes halogenated alkanes) is 5. The summed E-state index contributed by atoms with van der Waals surface area (Å²) in [6, 6.07) is 10.7. The Morgan fingerprint density at radius 3 is 2.39 bits per heavy atom. The van der Waals surface area contributed by atoms with Crippen LogP contribution >= 0.6 is 0 Å². The van der Waals surface area contributed by atoms with Crippen molar-refractivity contribution in [1.82, 2.24) is 9.55 Å². The first kappa shape index (κ1) is 17.8. The van der Waals surface area contributed by atoms with E-state index < -0.39 is 0 Å². The molecule has 0 atom stereocenters. The van der Waals surface area contributed by atoms with Crippen molar-refractivity contribution in [3.8, 4) is 0 Å². The minimum absolute atomic E-state index is 1.08. The Hall–Kier alpha value is -1.57. The normalized spacial score (nSPS) is 11.0. The molecule has 1 heterocycles. The van der Waals surface area contributed by atoms with Gasteiger partial charge in [-0.15, -0.1) is 0 Å². The molecule has 0 amide bonds. The van der Waals surface area contributed by atoms with Crippen LogP contribution in [0.4, 0.5) is 0 Å². The second kappa shape index (κ2) is 10.3. The summed E-state index contributed by atoms with van der Waals surface area (Å²) in [5.41, 5.74) is 2.68. The highest BCUT2D eigenvalue weighted by Gasteiger charge is 2.04. The van der Waals surface area contributed by atoms with E-state index in [-0.39, 0.29) is 0 Å². The van der Waals surface area contributed by atoms with Crippen LogP contribution in [0.15, 0.2) is 36.5 Å². The fourth-order valence-electron chi connectivity index (χ4n) is 3.10. The van der Waals surface area contributed by atoms with Crippen molar-refractivity contribution in [3.63, 3.8) is 0 Å². The zero-order valence-corrected chi connectivity index (χ0v) is 14.9. The van der Waals surface area contributed by atoms with E-state index in [1.54, 1.807) is 0 Å². The second-order valence-electron chi connectivity index (χ2n) is 6.58. The number of aromatic nitrogens is 2. The molecule has 0 radical (unpaired) electrons. The maximum Gasteiger partial charge on any atom is 0.105 e. The zero-order chi connectivity index (χ0) is 16.3. The van der Waals surface area contributed by atoms with Crippen LogP contribution in [-0.2, 0) is 19.4 Å². The summed E-state index contributed by atoms with van der Waals surface area (Å²) in [6.45, 7) is 5.54. The highest BCUT2D eigenvalue weighted by atomic mass is 15.1. The molecule has 0 fully saturated rings. The van der Waals surface area contributed by atoms with Gasteiger partial charge in [-0.3, -0.25) is 0 Å². The minimum atomic E-state index is 1.08. The van der Waals surface area contributed by atoms with Crippen LogP contribution in [0.5, 0.6) is 0 Å². The summed E-state index contributed by atoms with van der Waals surface area (Å²) in [5.74, 6) is 1.17. The van der Waals surface area contributed by atoms with Crippen LogP contribution in [0.25, 0.3) is 0 Å². The lowest BCUT2D eigenvalue weighted by atomic mass is 10.1. The minimum Gasteiger partial charge on any atom is -0.335 e. The summed E-state index contributed by atoms with van der Waals surface area (Å²) in [5, 5.41) is 0. The molecular weight excluding hydrogens is 280 g/mol. The van der Waals surface area contributed by atoms with Crippen molar-refractivity contribution in [1.29, 1.82) is 0 Å². The predicted molar refractivity (Wildman–Crippen MR) is 98.8 cm³/mol. The fraction of sp³-hybridized carbons (Fsp3) is 0.571. The van der Waals surface area contributed by atoms with Crippen molar-refractivity contribution < 1.29 is 0 Å². The van der Waals surface area contributed by atoms with Gasteiger partial charge in [-0.05, 0) is 38.2 Å². The molecule has 126 valence electrons. The molecule has 0 spiro atoms. The average molecular weight is 313 g/mol. The highest BCUT2D eigenvalue weighted by molar-refractivity contribution is 5.15. The lowest BCUT2D eigenvalue weighted by Crippen LogP contribution is -1.98. The Morgan fingerprint density at radius 2 is 1.61 bits per heavy atom. The third-order valence-electron chi connectivity index (χ3n) is 4.52. The van der Waals surface area contributed by atoms with Crippen LogP contribution in [0.1, 0.15) is 69.0 Å². The molecule has 0 aliphatic heterocycles. The molecule has 0 bridgehead atoms. The van der Waals surface area contributed by atoms with E-state index in [2.05, 4.69) is 54.9 Å². The van der Waals surface area contributed by atoms with Crippen LogP contribution < -0.4 is 0 Å².